The SMILES string of the molecule is Cn1c2cc3ccccc3cc2c2cccc(-c3ccc4c(c3)-c3c(ccc5ccccc35)C4(C)C)c21. The maximum absolute atomic E-state index is 2.44. The molecule has 1 heteroatoms. The van der Waals surface area contributed by atoms with E-state index in [1.54, 1.807) is 0 Å². The maximum Gasteiger partial charge on any atom is 0.0568 e. The first kappa shape index (κ1) is 20.8. The lowest BCUT2D eigenvalue weighted by molar-refractivity contribution is 0.661. The molecule has 0 saturated carbocycles. The van der Waals surface area contributed by atoms with Crippen LogP contribution in [0.2, 0.25) is 0 Å². The topological polar surface area (TPSA) is 4.93 Å². The molecular weight excluding hydrogens is 446 g/mol. The summed E-state index contributed by atoms with van der Waals surface area (Å²) in [4.78, 5) is 0. The molecule has 7 aromatic rings. The molecule has 0 aliphatic heterocycles. The lowest BCUT2D eigenvalue weighted by atomic mass is 9.82. The summed E-state index contributed by atoms with van der Waals surface area (Å²) < 4.78 is 2.38. The van der Waals surface area contributed by atoms with Gasteiger partial charge in [-0.15, -0.1) is 0 Å². The number of fused-ring (bicyclic) bond motifs is 9. The van der Waals surface area contributed by atoms with E-state index in [2.05, 4.69) is 135 Å². The summed E-state index contributed by atoms with van der Waals surface area (Å²) in [6.07, 6.45) is 0. The van der Waals surface area contributed by atoms with E-state index in [4.69, 9.17) is 0 Å². The molecule has 0 bridgehead atoms. The molecule has 0 spiro atoms. The molecule has 0 unspecified atom stereocenters. The Hall–Kier alpha value is -4.36. The fourth-order valence-corrected chi connectivity index (χ4v) is 6.89. The quantitative estimate of drug-likeness (QED) is 0.224. The predicted molar refractivity (Wildman–Crippen MR) is 158 cm³/mol. The molecule has 0 amide bonds. The second-order valence-electron chi connectivity index (χ2n) is 11.1. The molecule has 176 valence electrons. The molecule has 0 saturated heterocycles. The van der Waals surface area contributed by atoms with Crippen LogP contribution in [0.4, 0.5) is 0 Å². The average molecular weight is 474 g/mol. The fourth-order valence-electron chi connectivity index (χ4n) is 6.89. The number of aromatic nitrogens is 1. The summed E-state index contributed by atoms with van der Waals surface area (Å²) in [7, 11) is 2.21. The van der Waals surface area contributed by atoms with Gasteiger partial charge in [-0.2, -0.15) is 0 Å². The molecule has 1 aliphatic carbocycles. The second kappa shape index (κ2) is 7.11. The lowest BCUT2D eigenvalue weighted by Crippen LogP contribution is -2.14. The van der Waals surface area contributed by atoms with Gasteiger partial charge in [0.1, 0.15) is 0 Å². The summed E-state index contributed by atoms with van der Waals surface area (Å²) in [5, 5.41) is 7.85. The molecule has 0 radical (unpaired) electrons. The van der Waals surface area contributed by atoms with E-state index >= 15 is 0 Å². The molecule has 37 heavy (non-hydrogen) atoms. The number of aryl methyl sites for hydroxylation is 1. The first-order valence-electron chi connectivity index (χ1n) is 13.1. The van der Waals surface area contributed by atoms with Gasteiger partial charge in [0.05, 0.1) is 5.52 Å². The van der Waals surface area contributed by atoms with E-state index in [9.17, 15) is 0 Å². The van der Waals surface area contributed by atoms with Crippen molar-refractivity contribution in [3.63, 3.8) is 0 Å². The highest BCUT2D eigenvalue weighted by atomic mass is 14.9. The summed E-state index contributed by atoms with van der Waals surface area (Å²) in [5.74, 6) is 0. The van der Waals surface area contributed by atoms with Crippen LogP contribution in [0, 0.1) is 0 Å². The van der Waals surface area contributed by atoms with Gasteiger partial charge in [-0.1, -0.05) is 105 Å². The van der Waals surface area contributed by atoms with Crippen molar-refractivity contribution in [2.24, 2.45) is 7.05 Å². The normalized spacial score (nSPS) is 14.0. The lowest BCUT2D eigenvalue weighted by Gasteiger charge is -2.21. The van der Waals surface area contributed by atoms with Crippen LogP contribution in [-0.4, -0.2) is 4.57 Å². The Labute approximate surface area is 216 Å². The largest absolute Gasteiger partial charge is 0.343 e. The van der Waals surface area contributed by atoms with Crippen molar-refractivity contribution in [3.8, 4) is 22.3 Å². The minimum absolute atomic E-state index is 0.0149. The van der Waals surface area contributed by atoms with Crippen LogP contribution < -0.4 is 0 Å². The van der Waals surface area contributed by atoms with Crippen LogP contribution in [0.5, 0.6) is 0 Å². The Balaban J connectivity index is 1.43. The number of rotatable bonds is 1. The Morgan fingerprint density at radius 2 is 1.24 bits per heavy atom. The van der Waals surface area contributed by atoms with Crippen LogP contribution in [0.3, 0.4) is 0 Å². The number of para-hydroxylation sites is 1. The second-order valence-corrected chi connectivity index (χ2v) is 11.1. The van der Waals surface area contributed by atoms with E-state index < -0.39 is 0 Å². The Morgan fingerprint density at radius 3 is 2.08 bits per heavy atom. The summed E-state index contributed by atoms with van der Waals surface area (Å²) in [6.45, 7) is 4.73. The van der Waals surface area contributed by atoms with Crippen molar-refractivity contribution in [2.45, 2.75) is 19.3 Å². The molecule has 1 heterocycles. The summed E-state index contributed by atoms with van der Waals surface area (Å²) in [5.41, 5.74) is 10.7. The Morgan fingerprint density at radius 1 is 0.541 bits per heavy atom. The smallest absolute Gasteiger partial charge is 0.0568 e. The third-order valence-corrected chi connectivity index (χ3v) is 8.76. The first-order chi connectivity index (χ1) is 18.0. The van der Waals surface area contributed by atoms with Crippen molar-refractivity contribution >= 4 is 43.4 Å². The highest BCUT2D eigenvalue weighted by molar-refractivity contribution is 6.16. The Bertz CT molecular complexity index is 2070. The third kappa shape index (κ3) is 2.69. The van der Waals surface area contributed by atoms with Gasteiger partial charge >= 0.3 is 0 Å². The highest BCUT2D eigenvalue weighted by Crippen LogP contribution is 2.52. The van der Waals surface area contributed by atoms with Gasteiger partial charge in [0.15, 0.2) is 0 Å². The van der Waals surface area contributed by atoms with Crippen molar-refractivity contribution in [1.82, 2.24) is 4.57 Å². The van der Waals surface area contributed by atoms with Crippen molar-refractivity contribution in [1.29, 1.82) is 0 Å². The zero-order valence-corrected chi connectivity index (χ0v) is 21.3. The van der Waals surface area contributed by atoms with Gasteiger partial charge in [0.25, 0.3) is 0 Å². The molecule has 0 fully saturated rings. The first-order valence-corrected chi connectivity index (χ1v) is 13.1. The van der Waals surface area contributed by atoms with Crippen LogP contribution in [0.15, 0.2) is 109 Å². The average Bonchev–Trinajstić information content (AvgIpc) is 3.34. The minimum Gasteiger partial charge on any atom is -0.343 e. The van der Waals surface area contributed by atoms with E-state index in [1.807, 2.05) is 0 Å². The molecule has 8 rings (SSSR count). The molecule has 1 aliphatic rings. The molecule has 0 atom stereocenters. The number of hydrogen-bond acceptors (Lipinski definition) is 0. The predicted octanol–water partition coefficient (Wildman–Crippen LogP) is 9.61. The van der Waals surface area contributed by atoms with E-state index in [-0.39, 0.29) is 5.41 Å². The number of nitrogens with zero attached hydrogens (tertiary/aromatic N) is 1. The zero-order chi connectivity index (χ0) is 24.9. The summed E-state index contributed by atoms with van der Waals surface area (Å²) in [6, 6.07) is 40.7. The van der Waals surface area contributed by atoms with Crippen molar-refractivity contribution < 1.29 is 0 Å². The minimum atomic E-state index is -0.0149. The van der Waals surface area contributed by atoms with Gasteiger partial charge in [-0.3, -0.25) is 0 Å². The zero-order valence-electron chi connectivity index (χ0n) is 21.3. The molecule has 1 aromatic heterocycles. The van der Waals surface area contributed by atoms with E-state index in [1.165, 1.54) is 76.7 Å². The van der Waals surface area contributed by atoms with Crippen LogP contribution in [0.25, 0.3) is 65.6 Å². The van der Waals surface area contributed by atoms with Gasteiger partial charge in [-0.25, -0.2) is 0 Å². The van der Waals surface area contributed by atoms with Crippen molar-refractivity contribution in [2.75, 3.05) is 0 Å². The van der Waals surface area contributed by atoms with Gasteiger partial charge in [0.2, 0.25) is 0 Å². The van der Waals surface area contributed by atoms with Crippen LogP contribution in [0.1, 0.15) is 25.0 Å². The van der Waals surface area contributed by atoms with Gasteiger partial charge in [-0.05, 0) is 67.6 Å². The van der Waals surface area contributed by atoms with Crippen LogP contribution in [-0.2, 0) is 12.5 Å². The fraction of sp³-hybridized carbons (Fsp3) is 0.111. The summed E-state index contributed by atoms with van der Waals surface area (Å²) >= 11 is 0. The van der Waals surface area contributed by atoms with E-state index in [0.717, 1.165) is 0 Å². The van der Waals surface area contributed by atoms with Crippen LogP contribution >= 0.6 is 0 Å². The monoisotopic (exact) mass is 473 g/mol. The number of benzene rings is 6. The van der Waals surface area contributed by atoms with Crippen molar-refractivity contribution in [3.05, 3.63) is 120 Å². The highest BCUT2D eigenvalue weighted by Gasteiger charge is 2.36. The molecular formula is C36H27N. The van der Waals surface area contributed by atoms with Gasteiger partial charge in [0, 0.05) is 34.3 Å². The molecule has 1 nitrogen and oxygen atoms in total. The standard InChI is InChI=1S/C36H27N/c1-36(2)31-17-16-25(20-30(31)34-26-12-7-6-9-22(26)15-18-32(34)36)27-13-8-14-28-29-19-23-10-4-5-11-24(23)21-33(29)37(3)35(27)28/h4-21H,1-3H3. The molecule has 0 N–H and O–H groups in total. The Kier molecular flexibility index (Phi) is 4.00. The molecule has 6 aromatic carbocycles. The maximum atomic E-state index is 2.44. The third-order valence-electron chi connectivity index (χ3n) is 8.76. The van der Waals surface area contributed by atoms with Gasteiger partial charge < -0.3 is 4.57 Å². The number of hydrogen-bond donors (Lipinski definition) is 0. The van der Waals surface area contributed by atoms with E-state index in [0.29, 0.717) is 0 Å².